The second-order valence-electron chi connectivity index (χ2n) is 7.29. The minimum Gasteiger partial charge on any atom is -0.493 e. The number of para-hydroxylation sites is 1. The SMILES string of the molecule is CC(C)COc1ccc(-c2nn(-c3ccccc3)cc2/C=C2\SC(=S)NC2=O)cc1. The third kappa shape index (κ3) is 4.63. The van der Waals surface area contributed by atoms with Crippen LogP contribution in [-0.4, -0.2) is 26.6 Å². The van der Waals surface area contributed by atoms with Gasteiger partial charge in [0.15, 0.2) is 0 Å². The van der Waals surface area contributed by atoms with Gasteiger partial charge in [-0.05, 0) is 48.4 Å². The van der Waals surface area contributed by atoms with Gasteiger partial charge in [0.2, 0.25) is 0 Å². The summed E-state index contributed by atoms with van der Waals surface area (Å²) in [7, 11) is 0. The Kier molecular flexibility index (Phi) is 6.01. The number of carbonyl (C=O) groups is 1. The van der Waals surface area contributed by atoms with E-state index in [1.807, 2.05) is 71.6 Å². The molecule has 0 aliphatic carbocycles. The molecular weight excluding hydrogens is 414 g/mol. The number of benzene rings is 2. The first-order valence-electron chi connectivity index (χ1n) is 9.63. The van der Waals surface area contributed by atoms with Crippen molar-refractivity contribution in [3.63, 3.8) is 0 Å². The molecule has 1 N–H and O–H groups in total. The molecule has 0 radical (unpaired) electrons. The van der Waals surface area contributed by atoms with E-state index in [2.05, 4.69) is 19.2 Å². The Morgan fingerprint density at radius 2 is 1.90 bits per heavy atom. The molecule has 30 heavy (non-hydrogen) atoms. The molecular formula is C23H21N3O2S2. The van der Waals surface area contributed by atoms with Gasteiger partial charge in [-0.15, -0.1) is 0 Å². The zero-order valence-electron chi connectivity index (χ0n) is 16.7. The van der Waals surface area contributed by atoms with Crippen LogP contribution in [0.4, 0.5) is 0 Å². The van der Waals surface area contributed by atoms with Crippen molar-refractivity contribution in [3.05, 3.63) is 71.3 Å². The van der Waals surface area contributed by atoms with Gasteiger partial charge in [-0.25, -0.2) is 4.68 Å². The van der Waals surface area contributed by atoms with Gasteiger partial charge in [0, 0.05) is 17.3 Å². The summed E-state index contributed by atoms with van der Waals surface area (Å²) >= 11 is 6.37. The van der Waals surface area contributed by atoms with Crippen LogP contribution >= 0.6 is 24.0 Å². The summed E-state index contributed by atoms with van der Waals surface area (Å²) in [5, 5.41) is 7.46. The van der Waals surface area contributed by atoms with Crippen LogP contribution in [0.15, 0.2) is 65.7 Å². The summed E-state index contributed by atoms with van der Waals surface area (Å²) in [6.07, 6.45) is 3.76. The van der Waals surface area contributed by atoms with Crippen molar-refractivity contribution in [2.45, 2.75) is 13.8 Å². The summed E-state index contributed by atoms with van der Waals surface area (Å²) in [6.45, 7) is 4.91. The van der Waals surface area contributed by atoms with E-state index in [1.165, 1.54) is 11.8 Å². The van der Waals surface area contributed by atoms with Crippen molar-refractivity contribution in [3.8, 4) is 22.7 Å². The molecule has 0 unspecified atom stereocenters. The fourth-order valence-corrected chi connectivity index (χ4v) is 4.00. The van der Waals surface area contributed by atoms with Crippen molar-refractivity contribution in [1.29, 1.82) is 0 Å². The van der Waals surface area contributed by atoms with Crippen LogP contribution in [0.25, 0.3) is 23.0 Å². The fourth-order valence-electron chi connectivity index (χ4n) is 2.96. The summed E-state index contributed by atoms with van der Waals surface area (Å²) in [5.74, 6) is 1.11. The fraction of sp³-hybridized carbons (Fsp3) is 0.174. The van der Waals surface area contributed by atoms with Gasteiger partial charge in [0.1, 0.15) is 10.1 Å². The Bertz CT molecular complexity index is 1100. The Hall–Kier alpha value is -2.90. The molecule has 5 nitrogen and oxygen atoms in total. The van der Waals surface area contributed by atoms with Gasteiger partial charge < -0.3 is 10.1 Å². The molecule has 0 atom stereocenters. The summed E-state index contributed by atoms with van der Waals surface area (Å²) < 4.78 is 8.08. The largest absolute Gasteiger partial charge is 0.493 e. The van der Waals surface area contributed by atoms with Crippen molar-refractivity contribution in [2.24, 2.45) is 5.92 Å². The van der Waals surface area contributed by atoms with Gasteiger partial charge in [-0.2, -0.15) is 5.10 Å². The first kappa shape index (κ1) is 20.4. The van der Waals surface area contributed by atoms with Gasteiger partial charge >= 0.3 is 0 Å². The number of hydrogen-bond donors (Lipinski definition) is 1. The molecule has 1 aliphatic heterocycles. The highest BCUT2D eigenvalue weighted by Crippen LogP contribution is 2.31. The number of aromatic nitrogens is 2. The standard InChI is InChI=1S/C23H21N3O2S2/c1-15(2)14-28-19-10-8-16(9-11-19)21-17(12-20-22(27)24-23(29)30-20)13-26(25-21)18-6-4-3-5-7-18/h3-13,15H,14H2,1-2H3,(H,24,27,29)/b20-12-. The molecule has 0 saturated carbocycles. The maximum Gasteiger partial charge on any atom is 0.263 e. The van der Waals surface area contributed by atoms with Crippen LogP contribution in [0.2, 0.25) is 0 Å². The summed E-state index contributed by atoms with van der Waals surface area (Å²) in [6, 6.07) is 17.7. The monoisotopic (exact) mass is 435 g/mol. The summed E-state index contributed by atoms with van der Waals surface area (Å²) in [5.41, 5.74) is 3.52. The smallest absolute Gasteiger partial charge is 0.263 e. The topological polar surface area (TPSA) is 56.1 Å². The van der Waals surface area contributed by atoms with Crippen LogP contribution in [0, 0.1) is 5.92 Å². The maximum atomic E-state index is 12.2. The normalized spacial score (nSPS) is 15.1. The average molecular weight is 436 g/mol. The molecule has 7 heteroatoms. The molecule has 3 aromatic rings. The number of hydrogen-bond acceptors (Lipinski definition) is 5. The Balaban J connectivity index is 1.72. The predicted molar refractivity (Wildman–Crippen MR) is 126 cm³/mol. The first-order chi connectivity index (χ1) is 14.5. The highest BCUT2D eigenvalue weighted by atomic mass is 32.2. The van der Waals surface area contributed by atoms with E-state index < -0.39 is 0 Å². The predicted octanol–water partition coefficient (Wildman–Crippen LogP) is 5.06. The first-order valence-corrected chi connectivity index (χ1v) is 10.9. The van der Waals surface area contributed by atoms with Crippen molar-refractivity contribution in [1.82, 2.24) is 15.1 Å². The Labute approximate surface area is 185 Å². The lowest BCUT2D eigenvalue weighted by Gasteiger charge is -2.09. The number of amides is 1. The third-order valence-corrected chi connectivity index (χ3v) is 5.57. The number of nitrogens with one attached hydrogen (secondary N) is 1. The lowest BCUT2D eigenvalue weighted by atomic mass is 10.1. The van der Waals surface area contributed by atoms with E-state index in [0.717, 1.165) is 28.3 Å². The molecule has 1 fully saturated rings. The molecule has 2 aromatic carbocycles. The van der Waals surface area contributed by atoms with E-state index >= 15 is 0 Å². The van der Waals surface area contributed by atoms with Crippen LogP contribution in [0.3, 0.4) is 0 Å². The number of thioether (sulfide) groups is 1. The van der Waals surface area contributed by atoms with Gasteiger partial charge in [0.05, 0.1) is 22.9 Å². The quantitative estimate of drug-likeness (QED) is 0.433. The zero-order valence-corrected chi connectivity index (χ0v) is 18.3. The second kappa shape index (κ2) is 8.85. The van der Waals surface area contributed by atoms with Crippen LogP contribution in [-0.2, 0) is 4.79 Å². The van der Waals surface area contributed by atoms with Gasteiger partial charge in [0.25, 0.3) is 5.91 Å². The number of rotatable bonds is 6. The highest BCUT2D eigenvalue weighted by Gasteiger charge is 2.23. The Morgan fingerprint density at radius 3 is 2.53 bits per heavy atom. The third-order valence-electron chi connectivity index (χ3n) is 4.40. The number of carbonyl (C=O) groups excluding carboxylic acids is 1. The molecule has 1 amide bonds. The van der Waals surface area contributed by atoms with Crippen molar-refractivity contribution < 1.29 is 9.53 Å². The molecule has 1 saturated heterocycles. The lowest BCUT2D eigenvalue weighted by Crippen LogP contribution is -2.17. The molecule has 152 valence electrons. The van der Waals surface area contributed by atoms with Crippen molar-refractivity contribution in [2.75, 3.05) is 6.61 Å². The molecule has 0 bridgehead atoms. The van der Waals surface area contributed by atoms with Crippen LogP contribution in [0.5, 0.6) is 5.75 Å². The van der Waals surface area contributed by atoms with Gasteiger partial charge in [-0.1, -0.05) is 56.0 Å². The van der Waals surface area contributed by atoms with E-state index in [9.17, 15) is 4.79 Å². The zero-order chi connectivity index (χ0) is 21.1. The number of ether oxygens (including phenoxy) is 1. The van der Waals surface area contributed by atoms with Crippen LogP contribution < -0.4 is 10.1 Å². The minimum absolute atomic E-state index is 0.180. The maximum absolute atomic E-state index is 12.2. The lowest BCUT2D eigenvalue weighted by molar-refractivity contribution is -0.115. The Morgan fingerprint density at radius 1 is 1.17 bits per heavy atom. The van der Waals surface area contributed by atoms with E-state index in [4.69, 9.17) is 22.1 Å². The average Bonchev–Trinajstić information content (AvgIpc) is 3.30. The highest BCUT2D eigenvalue weighted by molar-refractivity contribution is 8.26. The van der Waals surface area contributed by atoms with Crippen LogP contribution in [0.1, 0.15) is 19.4 Å². The van der Waals surface area contributed by atoms with E-state index in [0.29, 0.717) is 21.8 Å². The summed E-state index contributed by atoms with van der Waals surface area (Å²) in [4.78, 5) is 12.7. The molecule has 4 rings (SSSR count). The van der Waals surface area contributed by atoms with Crippen molar-refractivity contribution >= 4 is 40.3 Å². The van der Waals surface area contributed by atoms with Gasteiger partial charge in [-0.3, -0.25) is 4.79 Å². The molecule has 2 heterocycles. The molecule has 0 spiro atoms. The van der Waals surface area contributed by atoms with E-state index in [-0.39, 0.29) is 5.91 Å². The molecule has 1 aromatic heterocycles. The minimum atomic E-state index is -0.180. The number of thiocarbonyl (C=S) groups is 1. The second-order valence-corrected chi connectivity index (χ2v) is 9.01. The van der Waals surface area contributed by atoms with E-state index in [1.54, 1.807) is 0 Å². The number of nitrogens with zero attached hydrogens (tertiary/aromatic N) is 2. The molecule has 1 aliphatic rings.